The number of hydrogen-bond acceptors (Lipinski definition) is 4. The molecule has 1 atom stereocenters. The first-order valence-corrected chi connectivity index (χ1v) is 11.0. The molecule has 3 amide bonds. The maximum absolute atomic E-state index is 13.8. The zero-order chi connectivity index (χ0) is 25.3. The molecule has 2 aliphatic heterocycles. The highest BCUT2D eigenvalue weighted by Gasteiger charge is 2.45. The molecule has 10 heteroatoms. The van der Waals surface area contributed by atoms with Crippen LogP contribution in [0.1, 0.15) is 42.5 Å². The van der Waals surface area contributed by atoms with Crippen molar-refractivity contribution in [3.8, 4) is 6.07 Å². The third-order valence-electron chi connectivity index (χ3n) is 6.02. The minimum absolute atomic E-state index is 0.0424. The highest BCUT2D eigenvalue weighted by Crippen LogP contribution is 2.42. The Hall–Kier alpha value is -4.13. The molecular weight excluding hydrogens is 461 g/mol. The number of alkyl halides is 3. The van der Waals surface area contributed by atoms with Gasteiger partial charge in [0.25, 0.3) is 5.91 Å². The molecule has 0 fully saturated rings. The van der Waals surface area contributed by atoms with Gasteiger partial charge in [-0.25, -0.2) is 4.79 Å². The molecule has 2 aromatic rings. The van der Waals surface area contributed by atoms with Crippen LogP contribution in [-0.2, 0) is 15.8 Å². The zero-order valence-corrected chi connectivity index (χ0v) is 18.7. The molecule has 7 nitrogen and oxygen atoms in total. The van der Waals surface area contributed by atoms with Gasteiger partial charge in [-0.15, -0.1) is 0 Å². The number of carbonyl (C=O) groups is 3. The Balaban J connectivity index is 1.93. The third kappa shape index (κ3) is 4.49. The summed E-state index contributed by atoms with van der Waals surface area (Å²) in [5, 5.41) is 11.9. The van der Waals surface area contributed by atoms with Crippen LogP contribution in [-0.4, -0.2) is 35.7 Å². The van der Waals surface area contributed by atoms with E-state index in [9.17, 15) is 27.6 Å². The summed E-state index contributed by atoms with van der Waals surface area (Å²) in [5.41, 5.74) is 0.374. The number of hydrogen-bond donors (Lipinski definition) is 1. The van der Waals surface area contributed by atoms with Gasteiger partial charge in [-0.2, -0.15) is 18.4 Å². The lowest BCUT2D eigenvalue weighted by Crippen LogP contribution is -2.55. The summed E-state index contributed by atoms with van der Waals surface area (Å²) in [6.07, 6.45) is -4.28. The van der Waals surface area contributed by atoms with Crippen molar-refractivity contribution in [3.63, 3.8) is 0 Å². The van der Waals surface area contributed by atoms with Gasteiger partial charge in [0.2, 0.25) is 0 Å². The second kappa shape index (κ2) is 9.25. The van der Waals surface area contributed by atoms with Crippen LogP contribution in [0.2, 0.25) is 0 Å². The molecule has 0 aromatic heterocycles. The van der Waals surface area contributed by atoms with Crippen molar-refractivity contribution in [2.45, 2.75) is 32.0 Å². The van der Waals surface area contributed by atoms with Crippen LogP contribution >= 0.6 is 0 Å². The molecule has 0 saturated carbocycles. The van der Waals surface area contributed by atoms with Crippen molar-refractivity contribution in [2.24, 2.45) is 0 Å². The summed E-state index contributed by atoms with van der Waals surface area (Å²) in [6, 6.07) is 11.0. The first kappa shape index (κ1) is 24.0. The fraction of sp³-hybridized carbons (Fsp3) is 0.280. The number of nitriles is 1. The van der Waals surface area contributed by atoms with E-state index >= 15 is 0 Å². The van der Waals surface area contributed by atoms with Gasteiger partial charge in [0, 0.05) is 25.1 Å². The number of carbonyl (C=O) groups excluding carboxylic acids is 3. The van der Waals surface area contributed by atoms with E-state index in [0.29, 0.717) is 11.1 Å². The van der Waals surface area contributed by atoms with Crippen molar-refractivity contribution in [2.75, 3.05) is 18.0 Å². The maximum Gasteiger partial charge on any atom is 0.416 e. The Morgan fingerprint density at radius 3 is 2.51 bits per heavy atom. The standard InChI is InChI=1S/C25H21F3N4O3/c1-2-19(33)14-31-22(16-8-6-15(13-29)7-9-16)21-20(10-11-30-23(21)34)32(24(31)35)18-5-3-4-17(12-18)25(26,27)28/h3-9,12,22H,2,10-11,14H2,1H3,(H,30,34)/t22-/m1/s1. The molecule has 0 spiro atoms. The lowest BCUT2D eigenvalue weighted by molar-refractivity contribution is -0.137. The minimum Gasteiger partial charge on any atom is -0.352 e. The van der Waals surface area contributed by atoms with Gasteiger partial charge in [-0.1, -0.05) is 25.1 Å². The van der Waals surface area contributed by atoms with Gasteiger partial charge in [0.15, 0.2) is 5.78 Å². The Morgan fingerprint density at radius 1 is 1.17 bits per heavy atom. The Morgan fingerprint density at radius 2 is 1.89 bits per heavy atom. The van der Waals surface area contributed by atoms with Gasteiger partial charge in [-0.3, -0.25) is 14.5 Å². The molecular formula is C25H21F3N4O3. The van der Waals surface area contributed by atoms with Crippen LogP contribution in [0.25, 0.3) is 0 Å². The molecule has 1 N–H and O–H groups in total. The van der Waals surface area contributed by atoms with Gasteiger partial charge in [-0.05, 0) is 35.9 Å². The summed E-state index contributed by atoms with van der Waals surface area (Å²) in [5.74, 6) is -0.750. The smallest absolute Gasteiger partial charge is 0.352 e. The summed E-state index contributed by atoms with van der Waals surface area (Å²) in [4.78, 5) is 41.7. The summed E-state index contributed by atoms with van der Waals surface area (Å²) < 4.78 is 40.2. The van der Waals surface area contributed by atoms with Gasteiger partial charge < -0.3 is 10.2 Å². The normalized spacial score (nSPS) is 18.2. The quantitative estimate of drug-likeness (QED) is 0.687. The zero-order valence-electron chi connectivity index (χ0n) is 18.7. The van der Waals surface area contributed by atoms with E-state index in [2.05, 4.69) is 5.32 Å². The minimum atomic E-state index is -4.63. The average molecular weight is 482 g/mol. The number of Topliss-reactive ketones (excluding diaryl/α,β-unsaturated/α-hetero) is 1. The van der Waals surface area contributed by atoms with E-state index in [0.717, 1.165) is 17.0 Å². The van der Waals surface area contributed by atoms with Crippen molar-refractivity contribution in [1.29, 1.82) is 5.26 Å². The Bertz CT molecular complexity index is 1260. The van der Waals surface area contributed by atoms with Crippen molar-refractivity contribution in [3.05, 3.63) is 76.5 Å². The number of rotatable bonds is 5. The van der Waals surface area contributed by atoms with E-state index in [-0.39, 0.29) is 48.7 Å². The van der Waals surface area contributed by atoms with Crippen LogP contribution < -0.4 is 10.2 Å². The predicted molar refractivity (Wildman–Crippen MR) is 120 cm³/mol. The Labute approximate surface area is 199 Å². The molecule has 2 aliphatic rings. The lowest BCUT2D eigenvalue weighted by atomic mass is 9.88. The van der Waals surface area contributed by atoms with Crippen LogP contribution in [0.3, 0.4) is 0 Å². The molecule has 35 heavy (non-hydrogen) atoms. The second-order valence-electron chi connectivity index (χ2n) is 8.19. The highest BCUT2D eigenvalue weighted by molar-refractivity contribution is 6.06. The summed E-state index contributed by atoms with van der Waals surface area (Å²) in [7, 11) is 0. The number of halogens is 3. The number of anilines is 1. The Kier molecular flexibility index (Phi) is 6.35. The average Bonchev–Trinajstić information content (AvgIpc) is 2.84. The van der Waals surface area contributed by atoms with Crippen LogP contribution in [0.4, 0.5) is 23.7 Å². The number of nitrogens with zero attached hydrogens (tertiary/aromatic N) is 3. The molecule has 0 bridgehead atoms. The van der Waals surface area contributed by atoms with E-state index in [4.69, 9.17) is 5.26 Å². The van der Waals surface area contributed by atoms with Gasteiger partial charge in [0.05, 0.1) is 41.0 Å². The summed E-state index contributed by atoms with van der Waals surface area (Å²) in [6.45, 7) is 1.50. The molecule has 0 saturated heterocycles. The van der Waals surface area contributed by atoms with E-state index in [1.165, 1.54) is 17.0 Å². The number of amides is 3. The predicted octanol–water partition coefficient (Wildman–Crippen LogP) is 4.31. The second-order valence-corrected chi connectivity index (χ2v) is 8.19. The first-order valence-electron chi connectivity index (χ1n) is 11.0. The van der Waals surface area contributed by atoms with Crippen LogP contribution in [0.15, 0.2) is 59.8 Å². The number of urea groups is 1. The van der Waals surface area contributed by atoms with E-state index < -0.39 is 29.7 Å². The van der Waals surface area contributed by atoms with Gasteiger partial charge in [0.1, 0.15) is 0 Å². The molecule has 0 radical (unpaired) electrons. The van der Waals surface area contributed by atoms with Crippen LogP contribution in [0, 0.1) is 11.3 Å². The monoisotopic (exact) mass is 482 g/mol. The van der Waals surface area contributed by atoms with Crippen molar-refractivity contribution in [1.82, 2.24) is 10.2 Å². The van der Waals surface area contributed by atoms with Crippen molar-refractivity contribution < 1.29 is 27.6 Å². The molecule has 0 unspecified atom stereocenters. The fourth-order valence-corrected chi connectivity index (χ4v) is 4.31. The number of nitrogens with one attached hydrogen (secondary N) is 1. The summed E-state index contributed by atoms with van der Waals surface area (Å²) >= 11 is 0. The van der Waals surface area contributed by atoms with E-state index in [1.807, 2.05) is 6.07 Å². The number of benzene rings is 2. The van der Waals surface area contributed by atoms with Crippen molar-refractivity contribution >= 4 is 23.4 Å². The third-order valence-corrected chi connectivity index (χ3v) is 6.02. The fourth-order valence-electron chi connectivity index (χ4n) is 4.31. The molecule has 0 aliphatic carbocycles. The first-order chi connectivity index (χ1) is 16.7. The molecule has 2 heterocycles. The topological polar surface area (TPSA) is 93.5 Å². The molecule has 2 aromatic carbocycles. The highest BCUT2D eigenvalue weighted by atomic mass is 19.4. The van der Waals surface area contributed by atoms with Gasteiger partial charge >= 0.3 is 12.2 Å². The maximum atomic E-state index is 13.8. The number of ketones is 1. The lowest BCUT2D eigenvalue weighted by Gasteiger charge is -2.45. The van der Waals surface area contributed by atoms with Crippen LogP contribution in [0.5, 0.6) is 0 Å². The molecule has 4 rings (SSSR count). The largest absolute Gasteiger partial charge is 0.416 e. The van der Waals surface area contributed by atoms with E-state index in [1.54, 1.807) is 31.2 Å². The molecule has 180 valence electrons. The SMILES string of the molecule is CCC(=O)CN1C(=O)N(c2cccc(C(F)(F)F)c2)C2=C(C(=O)NCC2)[C@H]1c1ccc(C#N)cc1.